The van der Waals surface area contributed by atoms with Gasteiger partial charge in [-0.2, -0.15) is 0 Å². The average Bonchev–Trinajstić information content (AvgIpc) is 3.12. The minimum absolute atomic E-state index is 0.0873. The van der Waals surface area contributed by atoms with Gasteiger partial charge in [-0.05, 0) is 61.1 Å². The summed E-state index contributed by atoms with van der Waals surface area (Å²) in [7, 11) is 0. The Bertz CT molecular complexity index is 651. The van der Waals surface area contributed by atoms with Crippen molar-refractivity contribution in [1.82, 2.24) is 5.32 Å². The van der Waals surface area contributed by atoms with Crippen molar-refractivity contribution in [2.75, 3.05) is 13.2 Å². The van der Waals surface area contributed by atoms with Crippen molar-refractivity contribution in [2.24, 2.45) is 0 Å². The zero-order chi connectivity index (χ0) is 16.1. The maximum atomic E-state index is 12.0. The molecule has 3 rings (SSSR count). The Morgan fingerprint density at radius 3 is 2.83 bits per heavy atom. The second-order valence-corrected chi connectivity index (χ2v) is 5.74. The molecule has 1 aromatic carbocycles. The number of aryl methyl sites for hydroxylation is 2. The number of hydrogen-bond donors (Lipinski definition) is 2. The second-order valence-electron chi connectivity index (χ2n) is 5.74. The normalized spacial score (nSPS) is 14.8. The number of aliphatic hydroxyl groups excluding tert-OH is 1. The van der Waals surface area contributed by atoms with E-state index in [1.807, 2.05) is 12.1 Å². The van der Waals surface area contributed by atoms with Gasteiger partial charge < -0.3 is 19.6 Å². The van der Waals surface area contributed by atoms with Gasteiger partial charge in [0, 0.05) is 0 Å². The van der Waals surface area contributed by atoms with Gasteiger partial charge in [0.15, 0.2) is 6.61 Å². The van der Waals surface area contributed by atoms with E-state index >= 15 is 0 Å². The van der Waals surface area contributed by atoms with Crippen LogP contribution in [0.1, 0.15) is 35.8 Å². The summed E-state index contributed by atoms with van der Waals surface area (Å²) in [6.07, 6.45) is 6.15. The predicted octanol–water partition coefficient (Wildman–Crippen LogP) is 2.39. The molecule has 0 saturated heterocycles. The third-order valence-electron chi connectivity index (χ3n) is 4.09. The lowest BCUT2D eigenvalue weighted by atomic mass is 9.92. The van der Waals surface area contributed by atoms with Crippen molar-refractivity contribution in [2.45, 2.75) is 31.7 Å². The molecule has 0 aliphatic heterocycles. The molecule has 0 spiro atoms. The molecule has 5 heteroatoms. The zero-order valence-electron chi connectivity index (χ0n) is 13.0. The van der Waals surface area contributed by atoms with Crippen molar-refractivity contribution >= 4 is 5.91 Å². The van der Waals surface area contributed by atoms with Crippen molar-refractivity contribution < 1.29 is 19.1 Å². The van der Waals surface area contributed by atoms with E-state index in [9.17, 15) is 9.90 Å². The maximum Gasteiger partial charge on any atom is 0.258 e. The topological polar surface area (TPSA) is 71.7 Å². The quantitative estimate of drug-likeness (QED) is 0.858. The largest absolute Gasteiger partial charge is 0.484 e. The molecule has 0 fully saturated rings. The Morgan fingerprint density at radius 1 is 1.26 bits per heavy atom. The maximum absolute atomic E-state index is 12.0. The fraction of sp³-hybridized carbons (Fsp3) is 0.389. The lowest BCUT2D eigenvalue weighted by Gasteiger charge is -2.17. The van der Waals surface area contributed by atoms with Gasteiger partial charge in [-0.15, -0.1) is 0 Å². The van der Waals surface area contributed by atoms with Crippen molar-refractivity contribution in [3.63, 3.8) is 0 Å². The third kappa shape index (κ3) is 3.93. The minimum Gasteiger partial charge on any atom is -0.484 e. The summed E-state index contributed by atoms with van der Waals surface area (Å²) < 4.78 is 10.8. The van der Waals surface area contributed by atoms with Gasteiger partial charge in [0.05, 0.1) is 12.9 Å². The summed E-state index contributed by atoms with van der Waals surface area (Å²) in [5.41, 5.74) is 2.70. The van der Waals surface area contributed by atoms with Gasteiger partial charge >= 0.3 is 0 Å². The zero-order valence-corrected chi connectivity index (χ0v) is 13.0. The third-order valence-corrected chi connectivity index (χ3v) is 4.09. The van der Waals surface area contributed by atoms with E-state index in [-0.39, 0.29) is 19.1 Å². The number of nitrogens with one attached hydrogen (secondary N) is 1. The number of rotatable bonds is 6. The Hall–Kier alpha value is -2.27. The van der Waals surface area contributed by atoms with E-state index < -0.39 is 6.04 Å². The monoisotopic (exact) mass is 315 g/mol. The summed E-state index contributed by atoms with van der Waals surface area (Å²) in [6, 6.07) is 8.90. The van der Waals surface area contributed by atoms with E-state index in [1.165, 1.54) is 30.2 Å². The Balaban J connectivity index is 1.54. The molecular weight excluding hydrogens is 294 g/mol. The van der Waals surface area contributed by atoms with Crippen molar-refractivity contribution in [1.29, 1.82) is 0 Å². The molecule has 1 heterocycles. The lowest BCUT2D eigenvalue weighted by molar-refractivity contribution is -0.124. The first-order valence-corrected chi connectivity index (χ1v) is 7.94. The molecule has 0 saturated carbocycles. The van der Waals surface area contributed by atoms with Crippen LogP contribution in [-0.2, 0) is 17.6 Å². The molecule has 1 atom stereocenters. The van der Waals surface area contributed by atoms with Crippen LogP contribution in [0, 0.1) is 0 Å². The molecule has 2 N–H and O–H groups in total. The Kier molecular flexibility index (Phi) is 4.98. The lowest BCUT2D eigenvalue weighted by Crippen LogP contribution is -2.34. The number of carbonyl (C=O) groups excluding carboxylic acids is 1. The number of ether oxygens (including phenoxy) is 1. The van der Waals surface area contributed by atoms with Gasteiger partial charge in [0.1, 0.15) is 17.6 Å². The number of carbonyl (C=O) groups is 1. The van der Waals surface area contributed by atoms with Crippen LogP contribution < -0.4 is 10.1 Å². The fourth-order valence-corrected chi connectivity index (χ4v) is 2.88. The highest BCUT2D eigenvalue weighted by Gasteiger charge is 2.16. The standard InChI is InChI=1S/C18H21NO4/c20-11-16(17-6-3-9-22-17)19-18(21)12-23-15-8-7-13-4-1-2-5-14(13)10-15/h3,6-10,16,20H,1-2,4-5,11-12H2,(H,19,21). The van der Waals surface area contributed by atoms with E-state index in [0.29, 0.717) is 11.5 Å². The summed E-state index contributed by atoms with van der Waals surface area (Å²) in [6.45, 7) is -0.311. The van der Waals surface area contributed by atoms with Gasteiger partial charge in [-0.25, -0.2) is 0 Å². The molecule has 2 aromatic rings. The van der Waals surface area contributed by atoms with Gasteiger partial charge in [0.2, 0.25) is 0 Å². The molecule has 5 nitrogen and oxygen atoms in total. The molecule has 122 valence electrons. The second kappa shape index (κ2) is 7.33. The van der Waals surface area contributed by atoms with E-state index in [1.54, 1.807) is 12.1 Å². The molecule has 0 radical (unpaired) electrons. The predicted molar refractivity (Wildman–Crippen MR) is 85.3 cm³/mol. The number of aliphatic hydroxyl groups is 1. The number of amides is 1. The number of benzene rings is 1. The first-order valence-electron chi connectivity index (χ1n) is 7.94. The summed E-state index contributed by atoms with van der Waals surface area (Å²) in [5, 5.41) is 12.0. The van der Waals surface area contributed by atoms with E-state index in [2.05, 4.69) is 11.4 Å². The molecular formula is C18H21NO4. The Labute approximate surface area is 135 Å². The molecule has 23 heavy (non-hydrogen) atoms. The molecule has 1 aromatic heterocycles. The van der Waals surface area contributed by atoms with Crippen molar-refractivity contribution in [3.05, 3.63) is 53.5 Å². The van der Waals surface area contributed by atoms with Gasteiger partial charge in [-0.1, -0.05) is 6.07 Å². The fourth-order valence-electron chi connectivity index (χ4n) is 2.88. The number of furan rings is 1. The minimum atomic E-state index is -0.551. The van der Waals surface area contributed by atoms with Crippen LogP contribution in [0.15, 0.2) is 41.0 Å². The number of fused-ring (bicyclic) bond motifs is 1. The van der Waals surface area contributed by atoms with E-state index in [0.717, 1.165) is 12.8 Å². The highest BCUT2D eigenvalue weighted by Crippen LogP contribution is 2.25. The average molecular weight is 315 g/mol. The van der Waals surface area contributed by atoms with Crippen LogP contribution in [0.25, 0.3) is 0 Å². The summed E-state index contributed by atoms with van der Waals surface area (Å²) in [5.74, 6) is 0.937. The van der Waals surface area contributed by atoms with Crippen LogP contribution >= 0.6 is 0 Å². The highest BCUT2D eigenvalue weighted by molar-refractivity contribution is 5.78. The summed E-state index contributed by atoms with van der Waals surface area (Å²) in [4.78, 5) is 12.0. The van der Waals surface area contributed by atoms with Crippen LogP contribution in [0.5, 0.6) is 5.75 Å². The number of hydrogen-bond acceptors (Lipinski definition) is 4. The molecule has 1 unspecified atom stereocenters. The first kappa shape index (κ1) is 15.6. The molecule has 1 amide bonds. The molecule has 1 aliphatic carbocycles. The van der Waals surface area contributed by atoms with Crippen LogP contribution in [0.3, 0.4) is 0 Å². The van der Waals surface area contributed by atoms with E-state index in [4.69, 9.17) is 9.15 Å². The van der Waals surface area contributed by atoms with Gasteiger partial charge in [0.25, 0.3) is 5.91 Å². The first-order chi connectivity index (χ1) is 11.3. The van der Waals surface area contributed by atoms with Gasteiger partial charge in [-0.3, -0.25) is 4.79 Å². The van der Waals surface area contributed by atoms with Crippen LogP contribution in [-0.4, -0.2) is 24.2 Å². The summed E-state index contributed by atoms with van der Waals surface area (Å²) >= 11 is 0. The smallest absolute Gasteiger partial charge is 0.258 e. The Morgan fingerprint density at radius 2 is 2.09 bits per heavy atom. The van der Waals surface area contributed by atoms with Crippen molar-refractivity contribution in [3.8, 4) is 5.75 Å². The molecule has 1 aliphatic rings. The molecule has 0 bridgehead atoms. The van der Waals surface area contributed by atoms with Crippen LogP contribution in [0.2, 0.25) is 0 Å². The highest BCUT2D eigenvalue weighted by atomic mass is 16.5. The van der Waals surface area contributed by atoms with Crippen LogP contribution in [0.4, 0.5) is 0 Å². The SMILES string of the molecule is O=C(COc1ccc2c(c1)CCCC2)NC(CO)c1ccco1.